The highest BCUT2D eigenvalue weighted by atomic mass is 19.1. The zero-order chi connectivity index (χ0) is 25.5. The molecule has 6 nitrogen and oxygen atoms in total. The van der Waals surface area contributed by atoms with E-state index in [1.165, 1.54) is 23.8 Å². The van der Waals surface area contributed by atoms with Crippen LogP contribution in [0.4, 0.5) is 18.0 Å². The number of amides is 1. The number of methoxy groups -OCH3 is 1. The van der Waals surface area contributed by atoms with Crippen molar-refractivity contribution in [3.8, 4) is 22.6 Å². The average Bonchev–Trinajstić information content (AvgIpc) is 2.76. The normalized spacial score (nSPS) is 13.4. The van der Waals surface area contributed by atoms with Crippen LogP contribution in [0.5, 0.6) is 5.75 Å². The van der Waals surface area contributed by atoms with Crippen molar-refractivity contribution in [1.82, 2.24) is 9.47 Å². The van der Waals surface area contributed by atoms with Gasteiger partial charge in [-0.2, -0.15) is 0 Å². The van der Waals surface area contributed by atoms with Crippen molar-refractivity contribution < 1.29 is 27.4 Å². The highest BCUT2D eigenvalue weighted by molar-refractivity contribution is 5.70. The molecule has 4 rings (SSSR count). The van der Waals surface area contributed by atoms with E-state index in [0.29, 0.717) is 30.3 Å². The fourth-order valence-corrected chi connectivity index (χ4v) is 4.12. The molecular formula is C26H25F3N2O4. The Balaban J connectivity index is 1.77. The molecular weight excluding hydrogens is 461 g/mol. The summed E-state index contributed by atoms with van der Waals surface area (Å²) in [4.78, 5) is 27.0. The second-order valence-electron chi connectivity index (χ2n) is 9.29. The third-order valence-corrected chi connectivity index (χ3v) is 5.60. The molecule has 2 aromatic carbocycles. The molecule has 0 aliphatic carbocycles. The molecule has 9 heteroatoms. The molecule has 1 aliphatic heterocycles. The maximum atomic E-state index is 15.2. The predicted molar refractivity (Wildman–Crippen MR) is 124 cm³/mol. The fourth-order valence-electron chi connectivity index (χ4n) is 4.12. The van der Waals surface area contributed by atoms with Crippen molar-refractivity contribution in [2.75, 3.05) is 13.7 Å². The van der Waals surface area contributed by atoms with E-state index in [-0.39, 0.29) is 29.1 Å². The van der Waals surface area contributed by atoms with Gasteiger partial charge in [-0.25, -0.2) is 18.0 Å². The Bertz CT molecular complexity index is 1340. The Hall–Kier alpha value is -3.75. The molecule has 0 saturated carbocycles. The number of rotatable bonds is 3. The number of carbonyl (C=O) groups is 1. The van der Waals surface area contributed by atoms with Gasteiger partial charge in [-0.15, -0.1) is 0 Å². The Kier molecular flexibility index (Phi) is 6.36. The summed E-state index contributed by atoms with van der Waals surface area (Å²) in [5, 5.41) is 0. The molecule has 0 N–H and O–H groups in total. The molecule has 0 spiro atoms. The topological polar surface area (TPSA) is 60.8 Å². The molecule has 3 aromatic rings. The first-order valence-electron chi connectivity index (χ1n) is 11.0. The van der Waals surface area contributed by atoms with Crippen molar-refractivity contribution >= 4 is 6.09 Å². The Morgan fingerprint density at radius 3 is 2.31 bits per heavy atom. The number of hydrogen-bond acceptors (Lipinski definition) is 4. The molecule has 0 radical (unpaired) electrons. The van der Waals surface area contributed by atoms with Crippen LogP contribution in [0.1, 0.15) is 32.0 Å². The molecule has 1 amide bonds. The third kappa shape index (κ3) is 5.03. The minimum absolute atomic E-state index is 0.000269. The lowest BCUT2D eigenvalue weighted by molar-refractivity contribution is 0.0222. The maximum absolute atomic E-state index is 15.2. The van der Waals surface area contributed by atoms with Gasteiger partial charge in [0.25, 0.3) is 5.56 Å². The lowest BCUT2D eigenvalue weighted by Gasteiger charge is -2.32. The Morgan fingerprint density at radius 1 is 1.00 bits per heavy atom. The summed E-state index contributed by atoms with van der Waals surface area (Å²) in [5.74, 6) is -2.31. The van der Waals surface area contributed by atoms with Crippen molar-refractivity contribution in [3.05, 3.63) is 81.5 Å². The minimum Gasteiger partial charge on any atom is -0.495 e. The number of fused-ring (bicyclic) bond motifs is 1. The SMILES string of the molecule is COc1cc(-c2cc(F)cc(F)c2)c(F)cc1-n1c2c(ccc1=O)CN(C(=O)OC(C)(C)C)CC2. The van der Waals surface area contributed by atoms with Crippen LogP contribution >= 0.6 is 0 Å². The van der Waals surface area contributed by atoms with Gasteiger partial charge >= 0.3 is 6.09 Å². The second kappa shape index (κ2) is 9.13. The quantitative estimate of drug-likeness (QED) is 0.509. The standard InChI is InChI=1S/C26H25F3N2O4/c1-26(2,3)35-25(33)30-8-7-21-15(14-30)5-6-24(32)31(21)22-13-20(29)19(12-23(22)34-4)16-9-17(27)11-18(28)10-16/h5-6,9-13H,7-8,14H2,1-4H3. The summed E-state index contributed by atoms with van der Waals surface area (Å²) >= 11 is 0. The average molecular weight is 486 g/mol. The van der Waals surface area contributed by atoms with Crippen LogP contribution in [0, 0.1) is 17.5 Å². The van der Waals surface area contributed by atoms with E-state index < -0.39 is 34.7 Å². The Morgan fingerprint density at radius 2 is 1.69 bits per heavy atom. The van der Waals surface area contributed by atoms with Gasteiger partial charge in [-0.1, -0.05) is 0 Å². The first kappa shape index (κ1) is 24.4. The van der Waals surface area contributed by atoms with Gasteiger partial charge in [0.05, 0.1) is 19.3 Å². The fraction of sp³-hybridized carbons (Fsp3) is 0.308. The van der Waals surface area contributed by atoms with Gasteiger partial charge in [0.1, 0.15) is 28.8 Å². The zero-order valence-corrected chi connectivity index (χ0v) is 19.8. The number of halogens is 3. The number of benzene rings is 2. The van der Waals surface area contributed by atoms with Crippen molar-refractivity contribution in [3.63, 3.8) is 0 Å². The van der Waals surface area contributed by atoms with E-state index >= 15 is 4.39 Å². The summed E-state index contributed by atoms with van der Waals surface area (Å²) in [6, 6.07) is 8.12. The van der Waals surface area contributed by atoms with Crippen molar-refractivity contribution in [2.45, 2.75) is 39.3 Å². The number of ether oxygens (including phenoxy) is 2. The van der Waals surface area contributed by atoms with Crippen LogP contribution in [0.2, 0.25) is 0 Å². The van der Waals surface area contributed by atoms with Crippen LogP contribution in [-0.2, 0) is 17.7 Å². The molecule has 1 aliphatic rings. The summed E-state index contributed by atoms with van der Waals surface area (Å²) in [5.41, 5.74) is 0.348. The third-order valence-electron chi connectivity index (χ3n) is 5.60. The van der Waals surface area contributed by atoms with E-state index in [4.69, 9.17) is 9.47 Å². The second-order valence-corrected chi connectivity index (χ2v) is 9.29. The number of aromatic nitrogens is 1. The number of carbonyl (C=O) groups excluding carboxylic acids is 1. The molecule has 0 fully saturated rings. The number of nitrogens with zero attached hydrogens (tertiary/aromatic N) is 2. The molecule has 1 aromatic heterocycles. The lowest BCUT2D eigenvalue weighted by Crippen LogP contribution is -2.41. The van der Waals surface area contributed by atoms with E-state index in [0.717, 1.165) is 18.2 Å². The zero-order valence-electron chi connectivity index (χ0n) is 19.8. The van der Waals surface area contributed by atoms with Crippen molar-refractivity contribution in [2.24, 2.45) is 0 Å². The largest absolute Gasteiger partial charge is 0.495 e. The molecule has 0 unspecified atom stereocenters. The molecule has 0 saturated heterocycles. The van der Waals surface area contributed by atoms with Crippen LogP contribution in [0.3, 0.4) is 0 Å². The van der Waals surface area contributed by atoms with Gasteiger partial charge in [0.15, 0.2) is 0 Å². The molecule has 2 heterocycles. The van der Waals surface area contributed by atoms with Gasteiger partial charge in [0, 0.05) is 42.4 Å². The van der Waals surface area contributed by atoms with Crippen LogP contribution < -0.4 is 10.3 Å². The first-order chi connectivity index (χ1) is 16.5. The van der Waals surface area contributed by atoms with E-state index in [9.17, 15) is 18.4 Å². The molecule has 0 atom stereocenters. The van der Waals surface area contributed by atoms with E-state index in [2.05, 4.69) is 0 Å². The van der Waals surface area contributed by atoms with E-state index in [1.807, 2.05) is 0 Å². The van der Waals surface area contributed by atoms with Gasteiger partial charge < -0.3 is 14.4 Å². The molecule has 35 heavy (non-hydrogen) atoms. The predicted octanol–water partition coefficient (Wildman–Crippen LogP) is 5.22. The van der Waals surface area contributed by atoms with Gasteiger partial charge in [-0.05, 0) is 56.2 Å². The summed E-state index contributed by atoms with van der Waals surface area (Å²) in [7, 11) is 1.36. The minimum atomic E-state index is -0.842. The van der Waals surface area contributed by atoms with Crippen molar-refractivity contribution in [1.29, 1.82) is 0 Å². The molecule has 0 bridgehead atoms. The first-order valence-corrected chi connectivity index (χ1v) is 11.0. The number of hydrogen-bond donors (Lipinski definition) is 0. The van der Waals surface area contributed by atoms with Crippen LogP contribution in [0.15, 0.2) is 47.3 Å². The van der Waals surface area contributed by atoms with Crippen LogP contribution in [0.25, 0.3) is 16.8 Å². The van der Waals surface area contributed by atoms with E-state index in [1.54, 1.807) is 31.7 Å². The lowest BCUT2D eigenvalue weighted by atomic mass is 10.0. The monoisotopic (exact) mass is 486 g/mol. The highest BCUT2D eigenvalue weighted by Gasteiger charge is 2.28. The summed E-state index contributed by atoms with van der Waals surface area (Å²) in [6.45, 7) is 5.86. The summed E-state index contributed by atoms with van der Waals surface area (Å²) < 4.78 is 54.9. The van der Waals surface area contributed by atoms with Crippen LogP contribution in [-0.4, -0.2) is 34.8 Å². The van der Waals surface area contributed by atoms with Gasteiger partial charge in [0.2, 0.25) is 0 Å². The number of pyridine rings is 1. The smallest absolute Gasteiger partial charge is 0.410 e. The molecule has 184 valence electrons. The highest BCUT2D eigenvalue weighted by Crippen LogP contribution is 2.34. The summed E-state index contributed by atoms with van der Waals surface area (Å²) in [6.07, 6.45) is -0.136. The maximum Gasteiger partial charge on any atom is 0.410 e. The Labute approximate surface area is 200 Å². The van der Waals surface area contributed by atoms with Gasteiger partial charge in [-0.3, -0.25) is 9.36 Å².